The number of amides is 1. The zero-order valence-electron chi connectivity index (χ0n) is 14.9. The van der Waals surface area contributed by atoms with Crippen LogP contribution in [0.3, 0.4) is 0 Å². The van der Waals surface area contributed by atoms with Crippen LogP contribution >= 0.6 is 0 Å². The maximum absolute atomic E-state index is 11.4. The van der Waals surface area contributed by atoms with Crippen LogP contribution in [-0.2, 0) is 4.74 Å². The Balaban J connectivity index is 1.43. The normalized spacial score (nSPS) is 22.0. The van der Waals surface area contributed by atoms with Crippen LogP contribution in [-0.4, -0.2) is 82.4 Å². The molecule has 2 fully saturated rings. The Labute approximate surface area is 144 Å². The fraction of sp³-hybridized carbons (Fsp3) is 0.611. The van der Waals surface area contributed by atoms with Crippen LogP contribution in [0.15, 0.2) is 24.3 Å². The van der Waals surface area contributed by atoms with Gasteiger partial charge in [0.15, 0.2) is 0 Å². The van der Waals surface area contributed by atoms with Gasteiger partial charge in [0.25, 0.3) is 0 Å². The monoisotopic (exact) mass is 332 g/mol. The third-order valence-electron chi connectivity index (χ3n) is 4.93. The average Bonchev–Trinajstić information content (AvgIpc) is 2.92. The standard InChI is InChI=1S/C18H28N4O2/c1-19(2)15-4-6-16(7-5-15)22-12-10-21(11-13-22)9-8-17-14-20(3)18(23)24-17/h4-7,17H,8-14H2,1-3H3. The molecule has 0 bridgehead atoms. The molecule has 1 atom stereocenters. The Morgan fingerprint density at radius 1 is 1.12 bits per heavy atom. The summed E-state index contributed by atoms with van der Waals surface area (Å²) >= 11 is 0. The van der Waals surface area contributed by atoms with Crippen molar-refractivity contribution < 1.29 is 9.53 Å². The first kappa shape index (κ1) is 16.9. The molecular formula is C18H28N4O2. The molecule has 1 aromatic rings. The van der Waals surface area contributed by atoms with Gasteiger partial charge in [0.2, 0.25) is 0 Å². The Kier molecular flexibility index (Phi) is 5.14. The van der Waals surface area contributed by atoms with Crippen molar-refractivity contribution in [1.29, 1.82) is 0 Å². The summed E-state index contributed by atoms with van der Waals surface area (Å²) in [7, 11) is 5.92. The van der Waals surface area contributed by atoms with Crippen LogP contribution < -0.4 is 9.80 Å². The predicted molar refractivity (Wildman–Crippen MR) is 96.9 cm³/mol. The molecule has 132 valence electrons. The molecule has 2 aliphatic heterocycles. The van der Waals surface area contributed by atoms with Gasteiger partial charge in [-0.25, -0.2) is 4.79 Å². The molecule has 2 saturated heterocycles. The minimum absolute atomic E-state index is 0.0547. The van der Waals surface area contributed by atoms with Crippen LogP contribution in [0, 0.1) is 0 Å². The van der Waals surface area contributed by atoms with Gasteiger partial charge in [-0.05, 0) is 30.7 Å². The van der Waals surface area contributed by atoms with Gasteiger partial charge >= 0.3 is 6.09 Å². The number of carbonyl (C=O) groups excluding carboxylic acids is 1. The topological polar surface area (TPSA) is 39.3 Å². The molecule has 0 saturated carbocycles. The van der Waals surface area contributed by atoms with Gasteiger partial charge in [-0.15, -0.1) is 0 Å². The van der Waals surface area contributed by atoms with Gasteiger partial charge in [0.05, 0.1) is 6.54 Å². The van der Waals surface area contributed by atoms with E-state index < -0.39 is 0 Å². The molecule has 6 heteroatoms. The second-order valence-electron chi connectivity index (χ2n) is 6.91. The van der Waals surface area contributed by atoms with Crippen molar-refractivity contribution in [2.24, 2.45) is 0 Å². The van der Waals surface area contributed by atoms with Gasteiger partial charge < -0.3 is 19.4 Å². The van der Waals surface area contributed by atoms with Crippen LogP contribution in [0.2, 0.25) is 0 Å². The van der Waals surface area contributed by atoms with Crippen LogP contribution in [0.1, 0.15) is 6.42 Å². The van der Waals surface area contributed by atoms with E-state index in [1.165, 1.54) is 11.4 Å². The second kappa shape index (κ2) is 7.30. The third-order valence-corrected chi connectivity index (χ3v) is 4.93. The van der Waals surface area contributed by atoms with Gasteiger partial charge in [-0.2, -0.15) is 0 Å². The van der Waals surface area contributed by atoms with Crippen LogP contribution in [0.25, 0.3) is 0 Å². The number of benzene rings is 1. The van der Waals surface area contributed by atoms with Gasteiger partial charge in [0.1, 0.15) is 6.10 Å². The van der Waals surface area contributed by atoms with Crippen molar-refractivity contribution in [3.63, 3.8) is 0 Å². The van der Waals surface area contributed by atoms with Crippen LogP contribution in [0.5, 0.6) is 0 Å². The predicted octanol–water partition coefficient (Wildman–Crippen LogP) is 1.72. The fourth-order valence-electron chi connectivity index (χ4n) is 3.32. The summed E-state index contributed by atoms with van der Waals surface area (Å²) in [6.45, 7) is 5.94. The van der Waals surface area contributed by atoms with Crippen molar-refractivity contribution in [3.05, 3.63) is 24.3 Å². The Hall–Kier alpha value is -1.95. The summed E-state index contributed by atoms with van der Waals surface area (Å²) in [6.07, 6.45) is 0.790. The van der Waals surface area contributed by atoms with Gasteiger partial charge in [-0.3, -0.25) is 4.90 Å². The summed E-state index contributed by atoms with van der Waals surface area (Å²) in [5.74, 6) is 0. The van der Waals surface area contributed by atoms with E-state index in [1.54, 1.807) is 11.9 Å². The minimum Gasteiger partial charge on any atom is -0.444 e. The molecule has 1 aromatic carbocycles. The summed E-state index contributed by atoms with van der Waals surface area (Å²) in [4.78, 5) is 20.1. The lowest BCUT2D eigenvalue weighted by molar-refractivity contribution is 0.121. The number of carbonyl (C=O) groups is 1. The van der Waals surface area contributed by atoms with Crippen molar-refractivity contribution >= 4 is 17.5 Å². The quantitative estimate of drug-likeness (QED) is 0.821. The number of hydrogen-bond acceptors (Lipinski definition) is 5. The zero-order valence-corrected chi connectivity index (χ0v) is 14.9. The molecule has 1 unspecified atom stereocenters. The molecule has 24 heavy (non-hydrogen) atoms. The smallest absolute Gasteiger partial charge is 0.409 e. The second-order valence-corrected chi connectivity index (χ2v) is 6.91. The molecule has 1 amide bonds. The highest BCUT2D eigenvalue weighted by Gasteiger charge is 2.28. The highest BCUT2D eigenvalue weighted by atomic mass is 16.6. The first-order valence-electron chi connectivity index (χ1n) is 8.69. The molecule has 0 aromatic heterocycles. The molecule has 3 rings (SSSR count). The number of hydrogen-bond donors (Lipinski definition) is 0. The van der Waals surface area contributed by atoms with E-state index in [1.807, 2.05) is 0 Å². The number of nitrogens with zero attached hydrogens (tertiary/aromatic N) is 4. The third kappa shape index (κ3) is 3.93. The van der Waals surface area contributed by atoms with E-state index in [-0.39, 0.29) is 12.2 Å². The minimum atomic E-state index is -0.189. The number of anilines is 2. The fourth-order valence-corrected chi connectivity index (χ4v) is 3.32. The maximum atomic E-state index is 11.4. The van der Waals surface area contributed by atoms with E-state index in [4.69, 9.17) is 4.74 Å². The Morgan fingerprint density at radius 3 is 2.33 bits per heavy atom. The number of rotatable bonds is 5. The largest absolute Gasteiger partial charge is 0.444 e. The van der Waals surface area contributed by atoms with E-state index >= 15 is 0 Å². The number of ether oxygens (including phenoxy) is 1. The molecule has 6 nitrogen and oxygen atoms in total. The van der Waals surface area contributed by atoms with Crippen LogP contribution in [0.4, 0.5) is 16.2 Å². The van der Waals surface area contributed by atoms with E-state index in [9.17, 15) is 4.79 Å². The average molecular weight is 332 g/mol. The van der Waals surface area contributed by atoms with E-state index in [0.29, 0.717) is 0 Å². The van der Waals surface area contributed by atoms with Crippen molar-refractivity contribution in [3.8, 4) is 0 Å². The summed E-state index contributed by atoms with van der Waals surface area (Å²) in [6, 6.07) is 8.76. The maximum Gasteiger partial charge on any atom is 0.409 e. The zero-order chi connectivity index (χ0) is 17.1. The van der Waals surface area contributed by atoms with Gasteiger partial charge in [-0.1, -0.05) is 0 Å². The number of likely N-dealkylation sites (N-methyl/N-ethyl adjacent to an activating group) is 1. The van der Waals surface area contributed by atoms with Gasteiger partial charge in [0, 0.05) is 65.2 Å². The van der Waals surface area contributed by atoms with E-state index in [0.717, 1.165) is 45.7 Å². The number of piperazine rings is 1. The first-order chi connectivity index (χ1) is 11.5. The summed E-state index contributed by atoms with van der Waals surface area (Å²) in [5, 5.41) is 0. The molecule has 0 spiro atoms. The van der Waals surface area contributed by atoms with Crippen molar-refractivity contribution in [2.75, 3.05) is 70.2 Å². The van der Waals surface area contributed by atoms with Crippen molar-refractivity contribution in [2.45, 2.75) is 12.5 Å². The van der Waals surface area contributed by atoms with Crippen molar-refractivity contribution in [1.82, 2.24) is 9.80 Å². The van der Waals surface area contributed by atoms with E-state index in [2.05, 4.69) is 53.1 Å². The molecule has 2 aliphatic rings. The lowest BCUT2D eigenvalue weighted by Gasteiger charge is -2.36. The molecule has 0 radical (unpaired) electrons. The SMILES string of the molecule is CN1CC(CCN2CCN(c3ccc(N(C)C)cc3)CC2)OC1=O. The summed E-state index contributed by atoms with van der Waals surface area (Å²) in [5.41, 5.74) is 2.53. The molecule has 2 heterocycles. The highest BCUT2D eigenvalue weighted by Crippen LogP contribution is 2.21. The molecule has 0 aliphatic carbocycles. The lowest BCUT2D eigenvalue weighted by atomic mass is 10.2. The number of cyclic esters (lactones) is 1. The Morgan fingerprint density at radius 2 is 1.79 bits per heavy atom. The Bertz CT molecular complexity index is 553. The molecule has 0 N–H and O–H groups in total. The summed E-state index contributed by atoms with van der Waals surface area (Å²) < 4.78 is 5.33. The highest BCUT2D eigenvalue weighted by molar-refractivity contribution is 5.69. The lowest BCUT2D eigenvalue weighted by Crippen LogP contribution is -2.47. The molecular weight excluding hydrogens is 304 g/mol. The first-order valence-corrected chi connectivity index (χ1v) is 8.69.